The van der Waals surface area contributed by atoms with Crippen molar-refractivity contribution in [3.8, 4) is 17.2 Å². The van der Waals surface area contributed by atoms with Gasteiger partial charge in [0.15, 0.2) is 11.5 Å². The summed E-state index contributed by atoms with van der Waals surface area (Å²) in [6, 6.07) is 2.91. The van der Waals surface area contributed by atoms with Crippen molar-refractivity contribution < 1.29 is 19.0 Å². The first-order chi connectivity index (χ1) is 9.44. The maximum atomic E-state index is 11.6. The fraction of sp³-hybridized carbons (Fsp3) is 0.500. The van der Waals surface area contributed by atoms with Crippen molar-refractivity contribution in [1.29, 1.82) is 0 Å². The van der Waals surface area contributed by atoms with Crippen molar-refractivity contribution in [2.45, 2.75) is 25.9 Å². The molecule has 0 aliphatic rings. The van der Waals surface area contributed by atoms with E-state index < -0.39 is 11.9 Å². The van der Waals surface area contributed by atoms with Crippen LogP contribution in [0.15, 0.2) is 12.1 Å². The van der Waals surface area contributed by atoms with E-state index in [1.165, 1.54) is 21.3 Å². The zero-order valence-corrected chi connectivity index (χ0v) is 12.5. The van der Waals surface area contributed by atoms with Crippen LogP contribution in [0.1, 0.15) is 25.5 Å². The number of carbonyl (C=O) groups excluding carboxylic acids is 1. The molecule has 6 heteroatoms. The number of amides is 1. The number of nitrogens with two attached hydrogens (primary N) is 1. The Labute approximate surface area is 119 Å². The minimum Gasteiger partial charge on any atom is -0.493 e. The molecule has 0 radical (unpaired) electrons. The van der Waals surface area contributed by atoms with Crippen LogP contribution in [0, 0.1) is 0 Å². The standard InChI is InChI=1S/C14H22N2O4/c1-8(2)16-12(14(15)17)9-6-10(18-3)13(20-5)11(7-9)19-4/h6-8,12,16H,1-5H3,(H2,15,17). The lowest BCUT2D eigenvalue weighted by Crippen LogP contribution is -2.37. The SMILES string of the molecule is COc1cc(C(NC(C)C)C(N)=O)cc(OC)c1OC. The predicted molar refractivity (Wildman–Crippen MR) is 76.3 cm³/mol. The third-order valence-corrected chi connectivity index (χ3v) is 2.80. The molecule has 1 unspecified atom stereocenters. The van der Waals surface area contributed by atoms with Crippen LogP contribution in [0.2, 0.25) is 0 Å². The molecule has 0 bridgehead atoms. The first kappa shape index (κ1) is 16.1. The van der Waals surface area contributed by atoms with Crippen LogP contribution in [0.3, 0.4) is 0 Å². The molecule has 20 heavy (non-hydrogen) atoms. The van der Waals surface area contributed by atoms with Crippen molar-refractivity contribution in [2.24, 2.45) is 5.73 Å². The molecule has 1 rings (SSSR count). The molecular weight excluding hydrogens is 260 g/mol. The van der Waals surface area contributed by atoms with E-state index >= 15 is 0 Å². The van der Waals surface area contributed by atoms with Crippen molar-refractivity contribution in [3.05, 3.63) is 17.7 Å². The number of hydrogen-bond acceptors (Lipinski definition) is 5. The van der Waals surface area contributed by atoms with Gasteiger partial charge in [-0.05, 0) is 31.5 Å². The molecule has 1 atom stereocenters. The summed E-state index contributed by atoms with van der Waals surface area (Å²) in [4.78, 5) is 11.6. The van der Waals surface area contributed by atoms with E-state index in [2.05, 4.69) is 5.32 Å². The van der Waals surface area contributed by atoms with Crippen molar-refractivity contribution in [3.63, 3.8) is 0 Å². The number of nitrogens with one attached hydrogen (secondary N) is 1. The van der Waals surface area contributed by atoms with Crippen LogP contribution in [0.4, 0.5) is 0 Å². The highest BCUT2D eigenvalue weighted by Crippen LogP contribution is 2.39. The molecule has 0 spiro atoms. The number of hydrogen-bond donors (Lipinski definition) is 2. The van der Waals surface area contributed by atoms with Gasteiger partial charge >= 0.3 is 0 Å². The summed E-state index contributed by atoms with van der Waals surface area (Å²) in [6.45, 7) is 3.88. The van der Waals surface area contributed by atoms with Gasteiger partial charge in [0.2, 0.25) is 11.7 Å². The van der Waals surface area contributed by atoms with E-state index in [9.17, 15) is 4.79 Å². The average Bonchev–Trinajstić information content (AvgIpc) is 2.42. The maximum Gasteiger partial charge on any atom is 0.239 e. The molecular formula is C14H22N2O4. The number of primary amides is 1. The molecule has 0 heterocycles. The third kappa shape index (κ3) is 3.54. The Morgan fingerprint density at radius 1 is 1.10 bits per heavy atom. The number of ether oxygens (including phenoxy) is 3. The highest BCUT2D eigenvalue weighted by Gasteiger charge is 2.23. The first-order valence-corrected chi connectivity index (χ1v) is 6.29. The zero-order chi connectivity index (χ0) is 15.3. The van der Waals surface area contributed by atoms with Crippen LogP contribution in [0.25, 0.3) is 0 Å². The van der Waals surface area contributed by atoms with Crippen LogP contribution in [0.5, 0.6) is 17.2 Å². The second-order valence-electron chi connectivity index (χ2n) is 4.62. The second-order valence-corrected chi connectivity index (χ2v) is 4.62. The summed E-state index contributed by atoms with van der Waals surface area (Å²) in [5.41, 5.74) is 6.12. The summed E-state index contributed by atoms with van der Waals surface area (Å²) >= 11 is 0. The van der Waals surface area contributed by atoms with Gasteiger partial charge in [0.25, 0.3) is 0 Å². The lowest BCUT2D eigenvalue weighted by molar-refractivity contribution is -0.120. The van der Waals surface area contributed by atoms with Gasteiger partial charge in [-0.15, -0.1) is 0 Å². The van der Waals surface area contributed by atoms with Gasteiger partial charge in [-0.1, -0.05) is 0 Å². The van der Waals surface area contributed by atoms with Crippen molar-refractivity contribution in [2.75, 3.05) is 21.3 Å². The minimum atomic E-state index is -0.622. The van der Waals surface area contributed by atoms with Gasteiger partial charge in [0, 0.05) is 6.04 Å². The predicted octanol–water partition coefficient (Wildman–Crippen LogP) is 1.24. The Morgan fingerprint density at radius 2 is 1.60 bits per heavy atom. The van der Waals surface area contributed by atoms with Crippen LogP contribution in [-0.2, 0) is 4.79 Å². The molecule has 1 amide bonds. The normalized spacial score (nSPS) is 12.1. The van der Waals surface area contributed by atoms with Crippen LogP contribution >= 0.6 is 0 Å². The lowest BCUT2D eigenvalue weighted by Gasteiger charge is -2.21. The number of carbonyl (C=O) groups is 1. The first-order valence-electron chi connectivity index (χ1n) is 6.29. The molecule has 1 aromatic carbocycles. The molecule has 0 saturated carbocycles. The second kappa shape index (κ2) is 7.00. The van der Waals surface area contributed by atoms with Gasteiger partial charge in [-0.25, -0.2) is 0 Å². The number of methoxy groups -OCH3 is 3. The van der Waals surface area contributed by atoms with Gasteiger partial charge in [-0.2, -0.15) is 0 Å². The molecule has 3 N–H and O–H groups in total. The van der Waals surface area contributed by atoms with Crippen molar-refractivity contribution >= 4 is 5.91 Å². The zero-order valence-electron chi connectivity index (χ0n) is 12.5. The topological polar surface area (TPSA) is 82.8 Å². The monoisotopic (exact) mass is 282 g/mol. The molecule has 0 aromatic heterocycles. The highest BCUT2D eigenvalue weighted by atomic mass is 16.5. The minimum absolute atomic E-state index is 0.103. The van der Waals surface area contributed by atoms with E-state index in [1.54, 1.807) is 12.1 Å². The largest absolute Gasteiger partial charge is 0.493 e. The van der Waals surface area contributed by atoms with Gasteiger partial charge < -0.3 is 19.9 Å². The smallest absolute Gasteiger partial charge is 0.239 e. The van der Waals surface area contributed by atoms with Gasteiger partial charge in [-0.3, -0.25) is 10.1 Å². The Morgan fingerprint density at radius 3 is 1.90 bits per heavy atom. The maximum absolute atomic E-state index is 11.6. The quantitative estimate of drug-likeness (QED) is 0.786. The van der Waals surface area contributed by atoms with Crippen molar-refractivity contribution in [1.82, 2.24) is 5.32 Å². The highest BCUT2D eigenvalue weighted by molar-refractivity contribution is 5.82. The van der Waals surface area contributed by atoms with E-state index in [-0.39, 0.29) is 6.04 Å². The van der Waals surface area contributed by atoms with Crippen LogP contribution in [-0.4, -0.2) is 33.3 Å². The Kier molecular flexibility index (Phi) is 5.64. The third-order valence-electron chi connectivity index (χ3n) is 2.80. The molecule has 1 aromatic rings. The fourth-order valence-electron chi connectivity index (χ4n) is 1.94. The van der Waals surface area contributed by atoms with E-state index in [1.807, 2.05) is 13.8 Å². The molecule has 112 valence electrons. The molecule has 0 aliphatic heterocycles. The van der Waals surface area contributed by atoms with E-state index in [0.29, 0.717) is 22.8 Å². The molecule has 0 aliphatic carbocycles. The Balaban J connectivity index is 3.32. The number of rotatable bonds is 7. The lowest BCUT2D eigenvalue weighted by atomic mass is 10.0. The summed E-state index contributed by atoms with van der Waals surface area (Å²) in [6.07, 6.45) is 0. The Hall–Kier alpha value is -1.95. The number of benzene rings is 1. The molecule has 6 nitrogen and oxygen atoms in total. The summed E-state index contributed by atoms with van der Waals surface area (Å²) in [5.74, 6) is 0.983. The molecule has 0 saturated heterocycles. The average molecular weight is 282 g/mol. The van der Waals surface area contributed by atoms with Crippen LogP contribution < -0.4 is 25.3 Å². The van der Waals surface area contributed by atoms with E-state index in [0.717, 1.165) is 0 Å². The van der Waals surface area contributed by atoms with E-state index in [4.69, 9.17) is 19.9 Å². The van der Waals surface area contributed by atoms with Gasteiger partial charge in [0.05, 0.1) is 21.3 Å². The fourth-order valence-corrected chi connectivity index (χ4v) is 1.94. The van der Waals surface area contributed by atoms with Gasteiger partial charge in [0.1, 0.15) is 6.04 Å². The summed E-state index contributed by atoms with van der Waals surface area (Å²) in [5, 5.41) is 3.11. The molecule has 0 fully saturated rings. The summed E-state index contributed by atoms with van der Waals surface area (Å²) in [7, 11) is 4.57. The summed E-state index contributed by atoms with van der Waals surface area (Å²) < 4.78 is 15.8. The Bertz CT molecular complexity index is 449.